The fourth-order valence-electron chi connectivity index (χ4n) is 4.59. The maximum absolute atomic E-state index is 5.71. The monoisotopic (exact) mass is 419 g/mol. The summed E-state index contributed by atoms with van der Waals surface area (Å²) >= 11 is 0. The standard InChI is InChI=1S/C21H26NO3.BrH/c1-22-10-9-14-5-7-16(23-2)12-17(14)19(22)11-15-6-8-20(24-3)21(25-4)18(15)13-22;/h5-8,12,19H,9-11,13H2,1-4H3;1H/q+1;/p-1. The number of halogens is 1. The topological polar surface area (TPSA) is 27.7 Å². The van der Waals surface area contributed by atoms with Crippen molar-refractivity contribution >= 4 is 0 Å². The quantitative estimate of drug-likeness (QED) is 0.678. The van der Waals surface area contributed by atoms with E-state index in [1.165, 1.54) is 22.3 Å². The first-order valence-electron chi connectivity index (χ1n) is 8.83. The Labute approximate surface area is 166 Å². The minimum Gasteiger partial charge on any atom is -1.00 e. The molecule has 0 amide bonds. The number of hydrogen-bond acceptors (Lipinski definition) is 3. The van der Waals surface area contributed by atoms with E-state index in [2.05, 4.69) is 31.3 Å². The van der Waals surface area contributed by atoms with Gasteiger partial charge >= 0.3 is 0 Å². The molecule has 0 radical (unpaired) electrons. The minimum atomic E-state index is 0. The summed E-state index contributed by atoms with van der Waals surface area (Å²) in [6, 6.07) is 11.3. The Balaban J connectivity index is 0.00000196. The van der Waals surface area contributed by atoms with E-state index in [1.807, 2.05) is 6.07 Å². The minimum absolute atomic E-state index is 0. The number of nitrogens with zero attached hydrogens (tertiary/aromatic N) is 1. The van der Waals surface area contributed by atoms with Crippen LogP contribution in [0.4, 0.5) is 0 Å². The van der Waals surface area contributed by atoms with E-state index in [9.17, 15) is 0 Å². The van der Waals surface area contributed by atoms with Crippen molar-refractivity contribution in [3.05, 3.63) is 52.6 Å². The lowest BCUT2D eigenvalue weighted by Gasteiger charge is -2.49. The van der Waals surface area contributed by atoms with Gasteiger partial charge in [-0.25, -0.2) is 0 Å². The number of hydrogen-bond donors (Lipinski definition) is 0. The molecule has 2 aliphatic heterocycles. The Morgan fingerprint density at radius 1 is 0.962 bits per heavy atom. The summed E-state index contributed by atoms with van der Waals surface area (Å²) < 4.78 is 17.7. The number of benzene rings is 2. The highest BCUT2D eigenvalue weighted by molar-refractivity contribution is 5.52. The molecule has 5 heteroatoms. The molecule has 140 valence electrons. The summed E-state index contributed by atoms with van der Waals surface area (Å²) in [7, 11) is 7.55. The van der Waals surface area contributed by atoms with E-state index in [0.29, 0.717) is 6.04 Å². The number of fused-ring (bicyclic) bond motifs is 4. The third-order valence-electron chi connectivity index (χ3n) is 6.03. The zero-order valence-electron chi connectivity index (χ0n) is 15.8. The second-order valence-electron chi connectivity index (χ2n) is 7.33. The van der Waals surface area contributed by atoms with Crippen LogP contribution in [0.2, 0.25) is 0 Å². The van der Waals surface area contributed by atoms with Crippen LogP contribution >= 0.6 is 0 Å². The molecule has 4 rings (SSSR count). The van der Waals surface area contributed by atoms with Crippen LogP contribution in [-0.4, -0.2) is 39.4 Å². The van der Waals surface area contributed by atoms with E-state index in [1.54, 1.807) is 21.3 Å². The molecular formula is C21H26BrNO3. The van der Waals surface area contributed by atoms with Crippen LogP contribution in [0.3, 0.4) is 0 Å². The molecule has 0 spiro atoms. The number of ether oxygens (including phenoxy) is 3. The molecule has 2 unspecified atom stereocenters. The Morgan fingerprint density at radius 3 is 2.42 bits per heavy atom. The highest BCUT2D eigenvalue weighted by atomic mass is 79.9. The van der Waals surface area contributed by atoms with Crippen LogP contribution in [-0.2, 0) is 19.4 Å². The van der Waals surface area contributed by atoms with Gasteiger partial charge in [0.2, 0.25) is 0 Å². The molecule has 2 atom stereocenters. The maximum atomic E-state index is 5.71. The van der Waals surface area contributed by atoms with Gasteiger partial charge in [-0.05, 0) is 29.3 Å². The van der Waals surface area contributed by atoms with Crippen LogP contribution in [0.5, 0.6) is 17.2 Å². The van der Waals surface area contributed by atoms with E-state index < -0.39 is 0 Å². The SMILES string of the molecule is COc1ccc2c(c1)C1Cc3ccc(OC)c(OC)c3C[N+]1(C)CC2.[Br-]. The molecule has 0 saturated heterocycles. The van der Waals surface area contributed by atoms with Crippen molar-refractivity contribution in [2.75, 3.05) is 34.9 Å². The summed E-state index contributed by atoms with van der Waals surface area (Å²) in [6.07, 6.45) is 2.13. The maximum Gasteiger partial charge on any atom is 0.169 e. The van der Waals surface area contributed by atoms with Crippen LogP contribution in [0.1, 0.15) is 28.3 Å². The van der Waals surface area contributed by atoms with Crippen LogP contribution in [0.15, 0.2) is 30.3 Å². The molecule has 2 aromatic carbocycles. The lowest BCUT2D eigenvalue weighted by atomic mass is 9.81. The van der Waals surface area contributed by atoms with Gasteiger partial charge in [-0.1, -0.05) is 12.1 Å². The average molecular weight is 420 g/mol. The highest BCUT2D eigenvalue weighted by Gasteiger charge is 2.44. The Kier molecular flexibility index (Phi) is 5.22. The van der Waals surface area contributed by atoms with E-state index in [0.717, 1.165) is 47.7 Å². The van der Waals surface area contributed by atoms with Gasteiger partial charge in [-0.2, -0.15) is 0 Å². The fourth-order valence-corrected chi connectivity index (χ4v) is 4.59. The largest absolute Gasteiger partial charge is 1.00 e. The van der Waals surface area contributed by atoms with Gasteiger partial charge in [0.25, 0.3) is 0 Å². The van der Waals surface area contributed by atoms with Crippen molar-refractivity contribution in [3.63, 3.8) is 0 Å². The predicted octanol–water partition coefficient (Wildman–Crippen LogP) is 0.517. The van der Waals surface area contributed by atoms with E-state index >= 15 is 0 Å². The first kappa shape index (κ1) is 19.1. The van der Waals surface area contributed by atoms with Crippen LogP contribution in [0.25, 0.3) is 0 Å². The van der Waals surface area contributed by atoms with E-state index in [4.69, 9.17) is 14.2 Å². The normalized spacial score (nSPS) is 23.0. The van der Waals surface area contributed by atoms with Gasteiger partial charge in [0.1, 0.15) is 18.3 Å². The summed E-state index contributed by atoms with van der Waals surface area (Å²) in [5.74, 6) is 2.67. The number of methoxy groups -OCH3 is 3. The molecule has 2 heterocycles. The van der Waals surface area contributed by atoms with Gasteiger partial charge < -0.3 is 35.7 Å². The first-order valence-corrected chi connectivity index (χ1v) is 8.83. The molecule has 0 bridgehead atoms. The third kappa shape index (κ3) is 2.87. The smallest absolute Gasteiger partial charge is 0.169 e. The van der Waals surface area contributed by atoms with Crippen LogP contribution in [0, 0.1) is 0 Å². The first-order chi connectivity index (χ1) is 12.1. The molecule has 2 aromatic rings. The van der Waals surface area contributed by atoms with E-state index in [-0.39, 0.29) is 17.0 Å². The van der Waals surface area contributed by atoms with Gasteiger partial charge in [0, 0.05) is 18.4 Å². The van der Waals surface area contributed by atoms with Crippen molar-refractivity contribution in [1.82, 2.24) is 0 Å². The zero-order chi connectivity index (χ0) is 17.6. The van der Waals surface area contributed by atoms with Crippen LogP contribution < -0.4 is 31.2 Å². The Bertz CT molecular complexity index is 823. The molecule has 0 aliphatic carbocycles. The molecule has 0 N–H and O–H groups in total. The molecule has 0 saturated carbocycles. The summed E-state index contributed by atoms with van der Waals surface area (Å²) in [5, 5.41) is 0. The second-order valence-corrected chi connectivity index (χ2v) is 7.33. The van der Waals surface area contributed by atoms with Crippen molar-refractivity contribution in [2.45, 2.75) is 25.4 Å². The predicted molar refractivity (Wildman–Crippen MR) is 97.4 cm³/mol. The summed E-state index contributed by atoms with van der Waals surface area (Å²) in [5.41, 5.74) is 5.57. The van der Waals surface area contributed by atoms with Gasteiger partial charge in [0.15, 0.2) is 11.5 Å². The molecule has 0 fully saturated rings. The number of rotatable bonds is 3. The average Bonchev–Trinajstić information content (AvgIpc) is 2.64. The third-order valence-corrected chi connectivity index (χ3v) is 6.03. The fraction of sp³-hybridized carbons (Fsp3) is 0.429. The highest BCUT2D eigenvalue weighted by Crippen LogP contribution is 2.47. The molecular weight excluding hydrogens is 394 g/mol. The lowest BCUT2D eigenvalue weighted by molar-refractivity contribution is -0.956. The molecule has 2 aliphatic rings. The van der Waals surface area contributed by atoms with Crippen molar-refractivity contribution < 1.29 is 35.7 Å². The molecule has 26 heavy (non-hydrogen) atoms. The Hall–Kier alpha value is -1.72. The van der Waals surface area contributed by atoms with Gasteiger partial charge in [-0.15, -0.1) is 0 Å². The number of likely N-dealkylation sites (N-methyl/N-ethyl adjacent to an activating group) is 1. The van der Waals surface area contributed by atoms with Gasteiger partial charge in [0.05, 0.1) is 40.5 Å². The lowest BCUT2D eigenvalue weighted by Crippen LogP contribution is -3.00. The van der Waals surface area contributed by atoms with Crippen molar-refractivity contribution in [3.8, 4) is 17.2 Å². The summed E-state index contributed by atoms with van der Waals surface area (Å²) in [6.45, 7) is 2.11. The Morgan fingerprint density at radius 2 is 1.73 bits per heavy atom. The second kappa shape index (κ2) is 7.12. The molecule has 0 aromatic heterocycles. The molecule has 4 nitrogen and oxygen atoms in total. The van der Waals surface area contributed by atoms with Gasteiger partial charge in [-0.3, -0.25) is 0 Å². The zero-order valence-corrected chi connectivity index (χ0v) is 17.4. The number of quaternary nitrogens is 1. The van der Waals surface area contributed by atoms with Crippen molar-refractivity contribution in [1.29, 1.82) is 0 Å². The summed E-state index contributed by atoms with van der Waals surface area (Å²) in [4.78, 5) is 0. The van der Waals surface area contributed by atoms with Crippen molar-refractivity contribution in [2.24, 2.45) is 0 Å².